The van der Waals surface area contributed by atoms with Gasteiger partial charge < -0.3 is 4.74 Å². The lowest BCUT2D eigenvalue weighted by Gasteiger charge is -2.10. The number of hydrogen-bond donors (Lipinski definition) is 0. The van der Waals surface area contributed by atoms with Crippen molar-refractivity contribution in [1.29, 1.82) is 5.26 Å². The van der Waals surface area contributed by atoms with E-state index in [-0.39, 0.29) is 0 Å². The van der Waals surface area contributed by atoms with Gasteiger partial charge in [0.2, 0.25) is 0 Å². The van der Waals surface area contributed by atoms with E-state index in [2.05, 4.69) is 44.9 Å². The Hall–Kier alpha value is -1.57. The number of allylic oxidation sites excluding steroid dienone is 1. The fourth-order valence-corrected chi connectivity index (χ4v) is 2.70. The van der Waals surface area contributed by atoms with E-state index in [0.717, 1.165) is 38.7 Å². The normalized spacial score (nSPS) is 11.1. The van der Waals surface area contributed by atoms with Crippen molar-refractivity contribution in [2.24, 2.45) is 0 Å². The lowest BCUT2D eigenvalue weighted by atomic mass is 10.0. The molecular weight excluding hydrogens is 418 g/mol. The molecule has 2 nitrogen and oxygen atoms in total. The van der Waals surface area contributed by atoms with Gasteiger partial charge in [-0.05, 0) is 48.4 Å². The molecule has 0 aromatic heterocycles. The maximum absolute atomic E-state index is 9.50. The molecule has 118 valence electrons. The summed E-state index contributed by atoms with van der Waals surface area (Å²) in [6, 6.07) is 15.8. The number of unbranched alkanes of at least 4 members (excludes halogenated alkanes) is 1. The van der Waals surface area contributed by atoms with Gasteiger partial charge in [-0.15, -0.1) is 0 Å². The fraction of sp³-hybridized carbons (Fsp3) is 0.211. The maximum Gasteiger partial charge on any atom is 0.126 e. The molecule has 0 saturated carbocycles. The first-order valence-electron chi connectivity index (χ1n) is 7.44. The van der Waals surface area contributed by atoms with E-state index in [9.17, 15) is 5.26 Å². The Bertz CT molecular complexity index is 730. The molecule has 2 aromatic rings. The third kappa shape index (κ3) is 5.23. The number of nitriles is 1. The monoisotopic (exact) mass is 433 g/mol. The summed E-state index contributed by atoms with van der Waals surface area (Å²) in [5.41, 5.74) is 2.39. The second-order valence-electron chi connectivity index (χ2n) is 5.06. The standard InChI is InChI=1S/C19H17Br2NO/c1-2-3-10-23-19-9-8-18(21)12-15(19)11-16(13-22)14-4-6-17(20)7-5-14/h4-9,11-12H,2-3,10H2,1H3/b16-11+. The van der Waals surface area contributed by atoms with Crippen molar-refractivity contribution in [2.75, 3.05) is 6.61 Å². The molecule has 0 radical (unpaired) electrons. The van der Waals surface area contributed by atoms with Crippen molar-refractivity contribution in [1.82, 2.24) is 0 Å². The zero-order valence-electron chi connectivity index (χ0n) is 12.9. The highest BCUT2D eigenvalue weighted by Gasteiger charge is 2.06. The average molecular weight is 435 g/mol. The molecule has 0 saturated heterocycles. The Kier molecular flexibility index (Phi) is 6.88. The molecule has 4 heteroatoms. The summed E-state index contributed by atoms with van der Waals surface area (Å²) in [4.78, 5) is 0. The number of benzene rings is 2. The Morgan fingerprint density at radius 2 is 1.83 bits per heavy atom. The Morgan fingerprint density at radius 3 is 2.48 bits per heavy atom. The minimum absolute atomic E-state index is 0.607. The van der Waals surface area contributed by atoms with E-state index in [4.69, 9.17) is 4.74 Å². The smallest absolute Gasteiger partial charge is 0.126 e. The van der Waals surface area contributed by atoms with E-state index in [1.807, 2.05) is 48.5 Å². The van der Waals surface area contributed by atoms with E-state index < -0.39 is 0 Å². The summed E-state index contributed by atoms with van der Waals surface area (Å²) in [5, 5.41) is 9.50. The zero-order valence-corrected chi connectivity index (χ0v) is 16.0. The second kappa shape index (κ2) is 8.90. The van der Waals surface area contributed by atoms with Crippen LogP contribution in [0.25, 0.3) is 11.6 Å². The molecule has 2 rings (SSSR count). The van der Waals surface area contributed by atoms with Crippen molar-refractivity contribution in [3.8, 4) is 11.8 Å². The van der Waals surface area contributed by atoms with Gasteiger partial charge in [0.15, 0.2) is 0 Å². The van der Waals surface area contributed by atoms with Crippen molar-refractivity contribution >= 4 is 43.5 Å². The maximum atomic E-state index is 9.50. The quantitative estimate of drug-likeness (QED) is 0.297. The summed E-state index contributed by atoms with van der Waals surface area (Å²) in [7, 11) is 0. The first-order valence-corrected chi connectivity index (χ1v) is 9.02. The molecule has 0 aliphatic heterocycles. The highest BCUT2D eigenvalue weighted by Crippen LogP contribution is 2.28. The van der Waals surface area contributed by atoms with Gasteiger partial charge in [-0.3, -0.25) is 0 Å². The lowest BCUT2D eigenvalue weighted by molar-refractivity contribution is 0.309. The molecule has 2 aromatic carbocycles. The first-order chi connectivity index (χ1) is 11.1. The van der Waals surface area contributed by atoms with Crippen LogP contribution < -0.4 is 4.74 Å². The second-order valence-corrected chi connectivity index (χ2v) is 6.89. The number of hydrogen-bond acceptors (Lipinski definition) is 2. The van der Waals surface area contributed by atoms with Crippen molar-refractivity contribution in [3.63, 3.8) is 0 Å². The van der Waals surface area contributed by atoms with E-state index in [1.165, 1.54) is 0 Å². The topological polar surface area (TPSA) is 33.0 Å². The van der Waals surface area contributed by atoms with Gasteiger partial charge in [0.05, 0.1) is 18.2 Å². The number of ether oxygens (including phenoxy) is 1. The number of nitrogens with zero attached hydrogens (tertiary/aromatic N) is 1. The van der Waals surface area contributed by atoms with E-state index in [1.54, 1.807) is 0 Å². The molecule has 0 amide bonds. The van der Waals surface area contributed by atoms with Crippen LogP contribution in [0.5, 0.6) is 5.75 Å². The molecule has 0 heterocycles. The molecule has 0 unspecified atom stereocenters. The van der Waals surface area contributed by atoms with Crippen LogP contribution in [0.3, 0.4) is 0 Å². The molecule has 0 aliphatic carbocycles. The third-order valence-electron chi connectivity index (χ3n) is 3.30. The summed E-state index contributed by atoms with van der Waals surface area (Å²) in [6.45, 7) is 2.81. The Balaban J connectivity index is 2.36. The van der Waals surface area contributed by atoms with Gasteiger partial charge in [0.1, 0.15) is 5.75 Å². The van der Waals surface area contributed by atoms with Crippen LogP contribution in [-0.2, 0) is 0 Å². The van der Waals surface area contributed by atoms with Crippen LogP contribution >= 0.6 is 31.9 Å². The molecular formula is C19H17Br2NO. The molecule has 0 N–H and O–H groups in total. The summed E-state index contributed by atoms with van der Waals surface area (Å²) in [6.07, 6.45) is 3.97. The van der Waals surface area contributed by atoms with Gasteiger partial charge in [0.25, 0.3) is 0 Å². The van der Waals surface area contributed by atoms with Gasteiger partial charge in [-0.25, -0.2) is 0 Å². The van der Waals surface area contributed by atoms with Gasteiger partial charge in [-0.1, -0.05) is 57.3 Å². The predicted molar refractivity (Wildman–Crippen MR) is 102 cm³/mol. The van der Waals surface area contributed by atoms with Crippen LogP contribution in [0.1, 0.15) is 30.9 Å². The fourth-order valence-electron chi connectivity index (χ4n) is 2.06. The highest BCUT2D eigenvalue weighted by molar-refractivity contribution is 9.10. The minimum Gasteiger partial charge on any atom is -0.493 e. The van der Waals surface area contributed by atoms with Crippen molar-refractivity contribution < 1.29 is 4.74 Å². The largest absolute Gasteiger partial charge is 0.493 e. The van der Waals surface area contributed by atoms with E-state index >= 15 is 0 Å². The van der Waals surface area contributed by atoms with Gasteiger partial charge in [-0.2, -0.15) is 5.26 Å². The van der Waals surface area contributed by atoms with Crippen LogP contribution in [0, 0.1) is 11.3 Å². The molecule has 23 heavy (non-hydrogen) atoms. The zero-order chi connectivity index (χ0) is 16.7. The molecule has 0 aliphatic rings. The predicted octanol–water partition coefficient (Wildman–Crippen LogP) is 6.45. The number of halogens is 2. The molecule has 0 bridgehead atoms. The summed E-state index contributed by atoms with van der Waals surface area (Å²) >= 11 is 6.89. The van der Waals surface area contributed by atoms with Gasteiger partial charge >= 0.3 is 0 Å². The highest BCUT2D eigenvalue weighted by atomic mass is 79.9. The average Bonchev–Trinajstić information content (AvgIpc) is 2.55. The van der Waals surface area contributed by atoms with Crippen LogP contribution in [-0.4, -0.2) is 6.61 Å². The van der Waals surface area contributed by atoms with Gasteiger partial charge in [0, 0.05) is 14.5 Å². The SMILES string of the molecule is CCCCOc1ccc(Br)cc1/C=C(\C#N)c1ccc(Br)cc1. The van der Waals surface area contributed by atoms with Crippen LogP contribution in [0.15, 0.2) is 51.4 Å². The van der Waals surface area contributed by atoms with Crippen molar-refractivity contribution in [3.05, 3.63) is 62.5 Å². The lowest BCUT2D eigenvalue weighted by Crippen LogP contribution is -1.98. The molecule has 0 spiro atoms. The van der Waals surface area contributed by atoms with Crippen LogP contribution in [0.4, 0.5) is 0 Å². The van der Waals surface area contributed by atoms with E-state index in [0.29, 0.717) is 12.2 Å². The number of rotatable bonds is 6. The van der Waals surface area contributed by atoms with Crippen LogP contribution in [0.2, 0.25) is 0 Å². The van der Waals surface area contributed by atoms with Crippen molar-refractivity contribution in [2.45, 2.75) is 19.8 Å². The third-order valence-corrected chi connectivity index (χ3v) is 4.32. The molecule has 0 atom stereocenters. The molecule has 0 fully saturated rings. The Morgan fingerprint density at radius 1 is 1.13 bits per heavy atom. The first kappa shape index (κ1) is 17.8. The summed E-state index contributed by atoms with van der Waals surface area (Å²) < 4.78 is 7.80. The summed E-state index contributed by atoms with van der Waals surface area (Å²) in [5.74, 6) is 0.798. The Labute approximate surface area is 154 Å². The minimum atomic E-state index is 0.607.